The van der Waals surface area contributed by atoms with E-state index >= 15 is 0 Å². The quantitative estimate of drug-likeness (QED) is 0.383. The van der Waals surface area contributed by atoms with Crippen molar-refractivity contribution in [1.82, 2.24) is 0 Å². The Morgan fingerprint density at radius 1 is 1.36 bits per heavy atom. The number of anilines is 1. The highest BCUT2D eigenvalue weighted by Gasteiger charge is 2.02. The van der Waals surface area contributed by atoms with Gasteiger partial charge >= 0.3 is 5.63 Å². The lowest BCUT2D eigenvalue weighted by Gasteiger charge is -2.00. The number of nitrogens with two attached hydrogens (primary N) is 1. The van der Waals surface area contributed by atoms with Crippen LogP contribution in [0.2, 0.25) is 0 Å². The maximum absolute atomic E-state index is 10.9. The topological polar surface area (TPSA) is 56.2 Å². The second-order valence-electron chi connectivity index (χ2n) is 2.88. The van der Waals surface area contributed by atoms with Gasteiger partial charge in [0.25, 0.3) is 0 Å². The third kappa shape index (κ3) is 1.23. The van der Waals surface area contributed by atoms with E-state index in [1.165, 1.54) is 6.07 Å². The first-order valence-electron chi connectivity index (χ1n) is 4.01. The predicted molar refractivity (Wildman–Crippen MR) is 54.8 cm³/mol. The highest BCUT2D eigenvalue weighted by molar-refractivity contribution is 5.86. The summed E-state index contributed by atoms with van der Waals surface area (Å²) in [6.45, 7) is 0. The number of terminal acetylenes is 1. The maximum atomic E-state index is 10.9. The van der Waals surface area contributed by atoms with Gasteiger partial charge in [0.05, 0.1) is 0 Å². The molecule has 1 aromatic heterocycles. The van der Waals surface area contributed by atoms with Gasteiger partial charge in [0, 0.05) is 28.8 Å². The van der Waals surface area contributed by atoms with E-state index < -0.39 is 5.63 Å². The van der Waals surface area contributed by atoms with E-state index in [1.807, 2.05) is 0 Å². The van der Waals surface area contributed by atoms with Crippen LogP contribution in [0.1, 0.15) is 5.56 Å². The zero-order chi connectivity index (χ0) is 10.1. The van der Waals surface area contributed by atoms with Gasteiger partial charge in [-0.1, -0.05) is 5.92 Å². The van der Waals surface area contributed by atoms with Crippen LogP contribution in [0.4, 0.5) is 5.69 Å². The van der Waals surface area contributed by atoms with Crippen molar-refractivity contribution in [2.75, 3.05) is 5.73 Å². The van der Waals surface area contributed by atoms with Crippen molar-refractivity contribution >= 4 is 16.7 Å². The van der Waals surface area contributed by atoms with E-state index in [1.54, 1.807) is 18.2 Å². The molecule has 0 saturated carbocycles. The van der Waals surface area contributed by atoms with Crippen molar-refractivity contribution in [1.29, 1.82) is 0 Å². The molecule has 0 bridgehead atoms. The van der Waals surface area contributed by atoms with E-state index in [-0.39, 0.29) is 0 Å². The van der Waals surface area contributed by atoms with E-state index in [2.05, 4.69) is 5.92 Å². The second-order valence-corrected chi connectivity index (χ2v) is 2.88. The highest BCUT2D eigenvalue weighted by atomic mass is 16.4. The van der Waals surface area contributed by atoms with Crippen LogP contribution in [0.15, 0.2) is 33.5 Å². The molecule has 2 rings (SSSR count). The molecule has 1 aromatic carbocycles. The summed E-state index contributed by atoms with van der Waals surface area (Å²) >= 11 is 0. The Morgan fingerprint density at radius 2 is 2.14 bits per heavy atom. The van der Waals surface area contributed by atoms with Gasteiger partial charge in [-0.05, 0) is 12.1 Å². The van der Waals surface area contributed by atoms with Crippen LogP contribution >= 0.6 is 0 Å². The minimum Gasteiger partial charge on any atom is -0.423 e. The molecule has 0 unspecified atom stereocenters. The number of fused-ring (bicyclic) bond motifs is 1. The molecule has 68 valence electrons. The third-order valence-corrected chi connectivity index (χ3v) is 1.92. The van der Waals surface area contributed by atoms with E-state index in [0.717, 1.165) is 5.39 Å². The Morgan fingerprint density at radius 3 is 2.86 bits per heavy atom. The first-order valence-corrected chi connectivity index (χ1v) is 4.01. The first-order chi connectivity index (χ1) is 6.70. The normalized spacial score (nSPS) is 9.93. The van der Waals surface area contributed by atoms with Crippen molar-refractivity contribution < 1.29 is 4.42 Å². The van der Waals surface area contributed by atoms with Crippen LogP contribution < -0.4 is 11.4 Å². The average molecular weight is 185 g/mol. The Balaban J connectivity index is 2.96. The lowest BCUT2D eigenvalue weighted by atomic mass is 10.1. The van der Waals surface area contributed by atoms with Crippen LogP contribution in [-0.4, -0.2) is 0 Å². The number of nitrogen functional groups attached to an aromatic ring is 1. The molecule has 14 heavy (non-hydrogen) atoms. The van der Waals surface area contributed by atoms with E-state index in [4.69, 9.17) is 16.6 Å². The summed E-state index contributed by atoms with van der Waals surface area (Å²) in [5.74, 6) is 2.49. The summed E-state index contributed by atoms with van der Waals surface area (Å²) in [7, 11) is 0. The lowest BCUT2D eigenvalue weighted by molar-refractivity contribution is 0.561. The molecule has 0 aliphatic heterocycles. The van der Waals surface area contributed by atoms with Gasteiger partial charge in [0.1, 0.15) is 5.58 Å². The van der Waals surface area contributed by atoms with E-state index in [0.29, 0.717) is 16.8 Å². The minimum absolute atomic E-state index is 0.411. The van der Waals surface area contributed by atoms with Crippen molar-refractivity contribution in [3.63, 3.8) is 0 Å². The van der Waals surface area contributed by atoms with Gasteiger partial charge in [-0.3, -0.25) is 0 Å². The molecule has 2 N–H and O–H groups in total. The van der Waals surface area contributed by atoms with Crippen LogP contribution in [0.5, 0.6) is 0 Å². The zero-order valence-corrected chi connectivity index (χ0v) is 7.28. The van der Waals surface area contributed by atoms with Crippen molar-refractivity contribution in [2.45, 2.75) is 0 Å². The molecule has 0 atom stereocenters. The Labute approximate surface area is 80.1 Å². The maximum Gasteiger partial charge on any atom is 0.336 e. The highest BCUT2D eigenvalue weighted by Crippen LogP contribution is 2.20. The molecule has 1 heterocycles. The number of benzene rings is 1. The molecule has 0 aliphatic rings. The first kappa shape index (κ1) is 8.39. The van der Waals surface area contributed by atoms with Crippen LogP contribution in [0.3, 0.4) is 0 Å². The monoisotopic (exact) mass is 185 g/mol. The Kier molecular flexibility index (Phi) is 1.76. The molecule has 2 aromatic rings. The van der Waals surface area contributed by atoms with Crippen molar-refractivity contribution in [3.8, 4) is 12.3 Å². The largest absolute Gasteiger partial charge is 0.423 e. The fourth-order valence-corrected chi connectivity index (χ4v) is 1.32. The third-order valence-electron chi connectivity index (χ3n) is 1.92. The van der Waals surface area contributed by atoms with Gasteiger partial charge < -0.3 is 10.2 Å². The van der Waals surface area contributed by atoms with Gasteiger partial charge in [-0.2, -0.15) is 0 Å². The SMILES string of the molecule is C#Cc1cc(N)cc2oc(=O)ccc12. The van der Waals surface area contributed by atoms with Crippen molar-refractivity contribution in [2.24, 2.45) is 0 Å². The molecule has 0 aliphatic carbocycles. The molecule has 0 amide bonds. The van der Waals surface area contributed by atoms with Crippen LogP contribution in [0, 0.1) is 12.3 Å². The van der Waals surface area contributed by atoms with Crippen LogP contribution in [0.25, 0.3) is 11.0 Å². The summed E-state index contributed by atoms with van der Waals surface area (Å²) in [5, 5.41) is 0.723. The standard InChI is InChI=1S/C11H7NO2/c1-2-7-5-8(12)6-10-9(7)3-4-11(13)14-10/h1,3-6H,12H2. The van der Waals surface area contributed by atoms with Gasteiger partial charge in [-0.25, -0.2) is 4.79 Å². The van der Waals surface area contributed by atoms with E-state index in [9.17, 15) is 4.79 Å². The Bertz CT molecular complexity index is 590. The van der Waals surface area contributed by atoms with Gasteiger partial charge in [0.2, 0.25) is 0 Å². The summed E-state index contributed by atoms with van der Waals surface area (Å²) in [6, 6.07) is 6.22. The molecule has 0 saturated heterocycles. The Hall–Kier alpha value is -2.21. The van der Waals surface area contributed by atoms with Gasteiger partial charge in [0.15, 0.2) is 0 Å². The summed E-state index contributed by atoms with van der Waals surface area (Å²) in [4.78, 5) is 10.9. The predicted octanol–water partition coefficient (Wildman–Crippen LogP) is 1.36. The fraction of sp³-hybridized carbons (Fsp3) is 0. The van der Waals surface area contributed by atoms with Crippen molar-refractivity contribution in [3.05, 3.63) is 40.2 Å². The number of rotatable bonds is 0. The summed E-state index contributed by atoms with van der Waals surface area (Å²) in [5.41, 5.74) is 6.72. The summed E-state index contributed by atoms with van der Waals surface area (Å²) < 4.78 is 4.95. The average Bonchev–Trinajstić information content (AvgIpc) is 2.15. The molecule has 0 fully saturated rings. The lowest BCUT2D eigenvalue weighted by Crippen LogP contribution is -1.96. The molecular formula is C11H7NO2. The molecule has 3 nitrogen and oxygen atoms in total. The minimum atomic E-state index is -0.411. The molecular weight excluding hydrogens is 178 g/mol. The fourth-order valence-electron chi connectivity index (χ4n) is 1.32. The van der Waals surface area contributed by atoms with Gasteiger partial charge in [-0.15, -0.1) is 6.42 Å². The number of hydrogen-bond acceptors (Lipinski definition) is 3. The zero-order valence-electron chi connectivity index (χ0n) is 7.28. The smallest absolute Gasteiger partial charge is 0.336 e. The summed E-state index contributed by atoms with van der Waals surface area (Å²) in [6.07, 6.45) is 5.30. The molecule has 0 radical (unpaired) electrons. The van der Waals surface area contributed by atoms with Crippen LogP contribution in [-0.2, 0) is 0 Å². The molecule has 0 spiro atoms. The second kappa shape index (κ2) is 2.93. The number of hydrogen-bond donors (Lipinski definition) is 1. The molecule has 3 heteroatoms.